The van der Waals surface area contributed by atoms with Crippen LogP contribution in [0.3, 0.4) is 0 Å². The first kappa shape index (κ1) is 14.9. The van der Waals surface area contributed by atoms with E-state index in [-0.39, 0.29) is 11.4 Å². The maximum Gasteiger partial charge on any atom is 0.416 e. The maximum atomic E-state index is 13.1. The van der Waals surface area contributed by atoms with Crippen LogP contribution in [-0.2, 0) is 6.18 Å². The van der Waals surface area contributed by atoms with Crippen molar-refractivity contribution in [3.63, 3.8) is 0 Å². The molecule has 1 heterocycles. The minimum atomic E-state index is -4.56. The van der Waals surface area contributed by atoms with E-state index in [1.807, 2.05) is 0 Å². The molecule has 1 aliphatic heterocycles. The Kier molecular flexibility index (Phi) is 3.64. The lowest BCUT2D eigenvalue weighted by Gasteiger charge is -2.29. The van der Waals surface area contributed by atoms with E-state index in [9.17, 15) is 18.0 Å². The number of hydrogen-bond donors (Lipinski definition) is 1. The Morgan fingerprint density at radius 1 is 1.43 bits per heavy atom. The summed E-state index contributed by atoms with van der Waals surface area (Å²) in [6.45, 7) is 1.52. The Bertz CT molecular complexity index is 646. The molecule has 0 spiro atoms. The molecule has 0 saturated carbocycles. The number of alkyl halides is 3. The summed E-state index contributed by atoms with van der Waals surface area (Å²) in [7, 11) is 0. The smallest absolute Gasteiger partial charge is 0.385 e. The van der Waals surface area contributed by atoms with Gasteiger partial charge in [-0.25, -0.2) is 4.79 Å². The molecule has 0 saturated heterocycles. The molecule has 0 radical (unpaired) electrons. The second kappa shape index (κ2) is 5.13. The molecular weight excluding hydrogens is 283 g/mol. The van der Waals surface area contributed by atoms with Crippen molar-refractivity contribution >= 4 is 11.9 Å². The summed E-state index contributed by atoms with van der Waals surface area (Å²) in [5, 5.41) is 0. The molecule has 1 aromatic rings. The summed E-state index contributed by atoms with van der Waals surface area (Å²) in [6.07, 6.45) is 0.704. The summed E-state index contributed by atoms with van der Waals surface area (Å²) < 4.78 is 39.3. The van der Waals surface area contributed by atoms with Gasteiger partial charge in [0.15, 0.2) is 0 Å². The molecule has 21 heavy (non-hydrogen) atoms. The number of rotatable bonds is 2. The fraction of sp³-hybridized carbons (Fsp3) is 0.286. The molecule has 0 bridgehead atoms. The van der Waals surface area contributed by atoms with Gasteiger partial charge < -0.3 is 5.73 Å². The Hall–Kier alpha value is -2.49. The molecule has 110 valence electrons. The highest BCUT2D eigenvalue weighted by Crippen LogP contribution is 2.38. The zero-order chi connectivity index (χ0) is 15.8. The van der Waals surface area contributed by atoms with Crippen LogP contribution in [-0.4, -0.2) is 22.8 Å². The van der Waals surface area contributed by atoms with Crippen molar-refractivity contribution in [3.05, 3.63) is 35.4 Å². The van der Waals surface area contributed by atoms with Crippen LogP contribution in [0.1, 0.15) is 24.1 Å². The van der Waals surface area contributed by atoms with Crippen molar-refractivity contribution in [2.24, 2.45) is 10.7 Å². The van der Waals surface area contributed by atoms with Crippen LogP contribution in [0.5, 0.6) is 0 Å². The van der Waals surface area contributed by atoms with Gasteiger partial charge in [-0.15, -0.1) is 6.42 Å². The number of amides is 2. The van der Waals surface area contributed by atoms with E-state index in [1.54, 1.807) is 0 Å². The van der Waals surface area contributed by atoms with Crippen molar-refractivity contribution in [3.8, 4) is 12.3 Å². The number of nitrogens with zero attached hydrogens (tertiary/aromatic N) is 2. The third-order valence-corrected chi connectivity index (χ3v) is 3.22. The van der Waals surface area contributed by atoms with Crippen LogP contribution in [0.15, 0.2) is 29.3 Å². The lowest BCUT2D eigenvalue weighted by Crippen LogP contribution is -2.39. The number of terminal acetylenes is 1. The zero-order valence-corrected chi connectivity index (χ0v) is 11.1. The third kappa shape index (κ3) is 2.57. The molecule has 2 unspecified atom stereocenters. The van der Waals surface area contributed by atoms with E-state index in [1.165, 1.54) is 25.1 Å². The molecule has 0 aliphatic carbocycles. The van der Waals surface area contributed by atoms with Crippen molar-refractivity contribution in [1.82, 2.24) is 4.90 Å². The summed E-state index contributed by atoms with van der Waals surface area (Å²) in [5.74, 6) is 2.12. The molecular formula is C14H12F3N3O. The summed E-state index contributed by atoms with van der Waals surface area (Å²) >= 11 is 0. The Balaban J connectivity index is 2.57. The zero-order valence-electron chi connectivity index (χ0n) is 11.1. The van der Waals surface area contributed by atoms with Crippen LogP contribution in [0.25, 0.3) is 0 Å². The minimum Gasteiger partial charge on any atom is -0.385 e. The quantitative estimate of drug-likeness (QED) is 0.852. The van der Waals surface area contributed by atoms with Crippen LogP contribution in [0, 0.1) is 12.3 Å². The third-order valence-electron chi connectivity index (χ3n) is 3.22. The number of benzene rings is 1. The molecule has 2 amide bonds. The van der Waals surface area contributed by atoms with Gasteiger partial charge >= 0.3 is 12.2 Å². The van der Waals surface area contributed by atoms with E-state index < -0.39 is 29.9 Å². The Labute approximate surface area is 119 Å². The van der Waals surface area contributed by atoms with Crippen LogP contribution in [0.2, 0.25) is 0 Å². The molecule has 7 heteroatoms. The lowest BCUT2D eigenvalue weighted by molar-refractivity contribution is -0.138. The predicted octanol–water partition coefficient (Wildman–Crippen LogP) is 2.56. The molecule has 1 aliphatic rings. The number of carbonyl (C=O) groups excluding carboxylic acids is 1. The van der Waals surface area contributed by atoms with E-state index >= 15 is 0 Å². The Morgan fingerprint density at radius 3 is 2.62 bits per heavy atom. The van der Waals surface area contributed by atoms with Crippen LogP contribution >= 0.6 is 0 Å². The van der Waals surface area contributed by atoms with Gasteiger partial charge in [-0.2, -0.15) is 18.2 Å². The average Bonchev–Trinajstić information content (AvgIpc) is 2.71. The SMILES string of the molecule is C#CC(C)N1C(=O)N=C(N)C1c1ccccc1C(F)(F)F. The highest BCUT2D eigenvalue weighted by molar-refractivity contribution is 6.03. The molecule has 2 rings (SSSR count). The number of aliphatic imine (C=N–C) groups is 1. The van der Waals surface area contributed by atoms with Gasteiger partial charge in [0.2, 0.25) is 0 Å². The van der Waals surface area contributed by atoms with E-state index in [4.69, 9.17) is 12.2 Å². The number of urea groups is 1. The van der Waals surface area contributed by atoms with Gasteiger partial charge in [-0.3, -0.25) is 4.90 Å². The fourth-order valence-electron chi connectivity index (χ4n) is 2.25. The number of nitrogens with two attached hydrogens (primary N) is 1. The first-order valence-electron chi connectivity index (χ1n) is 6.06. The fourth-order valence-corrected chi connectivity index (χ4v) is 2.25. The van der Waals surface area contributed by atoms with Gasteiger partial charge in [0.25, 0.3) is 0 Å². The molecule has 1 aromatic carbocycles. The van der Waals surface area contributed by atoms with Gasteiger partial charge in [-0.05, 0) is 18.6 Å². The predicted molar refractivity (Wildman–Crippen MR) is 71.3 cm³/mol. The topological polar surface area (TPSA) is 58.7 Å². The highest BCUT2D eigenvalue weighted by atomic mass is 19.4. The molecule has 2 atom stereocenters. The second-order valence-corrected chi connectivity index (χ2v) is 4.56. The Morgan fingerprint density at radius 2 is 2.05 bits per heavy atom. The van der Waals surface area contributed by atoms with Gasteiger partial charge in [0.05, 0.1) is 11.6 Å². The molecule has 2 N–H and O–H groups in total. The largest absolute Gasteiger partial charge is 0.416 e. The average molecular weight is 295 g/mol. The first-order chi connectivity index (χ1) is 9.77. The van der Waals surface area contributed by atoms with E-state index in [2.05, 4.69) is 10.9 Å². The number of amidine groups is 1. The number of hydrogen-bond acceptors (Lipinski definition) is 2. The first-order valence-corrected chi connectivity index (χ1v) is 6.06. The molecule has 0 aromatic heterocycles. The summed E-state index contributed by atoms with van der Waals surface area (Å²) in [6, 6.07) is 2.34. The molecule has 4 nitrogen and oxygen atoms in total. The normalized spacial score (nSPS) is 20.1. The van der Waals surface area contributed by atoms with Crippen molar-refractivity contribution in [1.29, 1.82) is 0 Å². The number of carbonyl (C=O) groups is 1. The molecule has 0 fully saturated rings. The van der Waals surface area contributed by atoms with Gasteiger partial charge in [0.1, 0.15) is 11.9 Å². The van der Waals surface area contributed by atoms with Gasteiger partial charge in [0, 0.05) is 0 Å². The lowest BCUT2D eigenvalue weighted by atomic mass is 9.97. The van der Waals surface area contributed by atoms with Crippen LogP contribution < -0.4 is 5.73 Å². The van der Waals surface area contributed by atoms with Crippen molar-refractivity contribution < 1.29 is 18.0 Å². The van der Waals surface area contributed by atoms with Crippen LogP contribution in [0.4, 0.5) is 18.0 Å². The maximum absolute atomic E-state index is 13.1. The minimum absolute atomic E-state index is 0.140. The van der Waals surface area contributed by atoms with E-state index in [0.717, 1.165) is 11.0 Å². The standard InChI is InChI=1S/C14H12F3N3O/c1-3-8(2)20-11(12(18)19-13(20)21)9-6-4-5-7-10(9)14(15,16)17/h1,4-8,11H,2H3,(H2,18,19,21). The summed E-state index contributed by atoms with van der Waals surface area (Å²) in [5.41, 5.74) is 4.64. The van der Waals surface area contributed by atoms with E-state index in [0.29, 0.717) is 0 Å². The van der Waals surface area contributed by atoms with Crippen molar-refractivity contribution in [2.75, 3.05) is 0 Å². The monoisotopic (exact) mass is 295 g/mol. The van der Waals surface area contributed by atoms with Gasteiger partial charge in [-0.1, -0.05) is 24.1 Å². The van der Waals surface area contributed by atoms with Crippen molar-refractivity contribution in [2.45, 2.75) is 25.2 Å². The second-order valence-electron chi connectivity index (χ2n) is 4.56. The number of halogens is 3. The summed E-state index contributed by atoms with van der Waals surface area (Å²) in [4.78, 5) is 16.4. The highest BCUT2D eigenvalue weighted by Gasteiger charge is 2.42.